The van der Waals surface area contributed by atoms with Crippen molar-refractivity contribution in [1.29, 1.82) is 0 Å². The molecule has 0 fully saturated rings. The standard InChI is InChI=1S/C9H14OSi2/c1-3-8-6-4-5-7-9(8)12-10-11-2/h3-7H,1,11-12H2,2H3. The summed E-state index contributed by atoms with van der Waals surface area (Å²) in [5.74, 6) is 0. The molecule has 0 N–H and O–H groups in total. The summed E-state index contributed by atoms with van der Waals surface area (Å²) in [6, 6.07) is 8.34. The molecule has 0 aliphatic carbocycles. The van der Waals surface area contributed by atoms with Gasteiger partial charge in [0, 0.05) is 0 Å². The second-order valence-corrected chi connectivity index (χ2v) is 5.80. The van der Waals surface area contributed by atoms with Crippen molar-refractivity contribution in [2.45, 2.75) is 6.55 Å². The fourth-order valence-electron chi connectivity index (χ4n) is 1.08. The average Bonchev–Trinajstić information content (AvgIpc) is 2.15. The highest BCUT2D eigenvalue weighted by Crippen LogP contribution is 1.96. The molecule has 0 aromatic heterocycles. The Morgan fingerprint density at radius 1 is 1.42 bits per heavy atom. The third-order valence-corrected chi connectivity index (χ3v) is 5.14. The van der Waals surface area contributed by atoms with Gasteiger partial charge in [-0.05, 0) is 10.8 Å². The van der Waals surface area contributed by atoms with E-state index in [4.69, 9.17) is 4.12 Å². The second-order valence-electron chi connectivity index (χ2n) is 2.54. The molecule has 1 aromatic rings. The zero-order valence-corrected chi connectivity index (χ0v) is 10.2. The summed E-state index contributed by atoms with van der Waals surface area (Å²) in [7, 11) is -0.687. The van der Waals surface area contributed by atoms with Gasteiger partial charge in [0.2, 0.25) is 0 Å². The highest BCUT2D eigenvalue weighted by molar-refractivity contribution is 6.54. The van der Waals surface area contributed by atoms with Crippen LogP contribution in [0, 0.1) is 0 Å². The normalized spacial score (nSPS) is 11.8. The fraction of sp³-hybridized carbons (Fsp3) is 0.111. The van der Waals surface area contributed by atoms with E-state index >= 15 is 0 Å². The highest BCUT2D eigenvalue weighted by atomic mass is 28.3. The Morgan fingerprint density at radius 2 is 2.17 bits per heavy atom. The Labute approximate surface area is 78.3 Å². The lowest BCUT2D eigenvalue weighted by Crippen LogP contribution is -2.20. The van der Waals surface area contributed by atoms with Crippen molar-refractivity contribution < 1.29 is 4.12 Å². The molecule has 0 amide bonds. The first-order chi connectivity index (χ1) is 5.88. The molecule has 0 spiro atoms. The average molecular weight is 194 g/mol. The molecule has 0 aliphatic rings. The van der Waals surface area contributed by atoms with Crippen molar-refractivity contribution in [2.75, 3.05) is 0 Å². The van der Waals surface area contributed by atoms with Crippen LogP contribution in [0.1, 0.15) is 5.56 Å². The van der Waals surface area contributed by atoms with Gasteiger partial charge in [-0.2, -0.15) is 0 Å². The van der Waals surface area contributed by atoms with Gasteiger partial charge in [0.05, 0.1) is 0 Å². The van der Waals surface area contributed by atoms with E-state index in [9.17, 15) is 0 Å². The second kappa shape index (κ2) is 5.08. The molecule has 0 saturated carbocycles. The third kappa shape index (κ3) is 2.44. The van der Waals surface area contributed by atoms with Crippen molar-refractivity contribution >= 4 is 30.8 Å². The van der Waals surface area contributed by atoms with E-state index in [2.05, 4.69) is 31.3 Å². The monoisotopic (exact) mass is 194 g/mol. The van der Waals surface area contributed by atoms with Crippen molar-refractivity contribution in [3.05, 3.63) is 36.4 Å². The van der Waals surface area contributed by atoms with Crippen LogP contribution in [0.3, 0.4) is 0 Å². The Bertz CT molecular complexity index is 260. The van der Waals surface area contributed by atoms with Crippen molar-refractivity contribution in [1.82, 2.24) is 0 Å². The van der Waals surface area contributed by atoms with E-state index in [1.165, 1.54) is 10.8 Å². The Kier molecular flexibility index (Phi) is 4.00. The van der Waals surface area contributed by atoms with E-state index in [1.807, 2.05) is 12.1 Å². The maximum Gasteiger partial charge on any atom is 0.178 e. The van der Waals surface area contributed by atoms with E-state index in [-0.39, 0.29) is 9.76 Å². The predicted octanol–water partition coefficient (Wildman–Crippen LogP) is 0.187. The van der Waals surface area contributed by atoms with Gasteiger partial charge in [0.25, 0.3) is 0 Å². The third-order valence-electron chi connectivity index (χ3n) is 1.74. The predicted molar refractivity (Wildman–Crippen MR) is 60.2 cm³/mol. The van der Waals surface area contributed by atoms with E-state index in [0.717, 1.165) is 0 Å². The molecule has 1 rings (SSSR count). The minimum atomic E-state index is -0.461. The first-order valence-corrected chi connectivity index (χ1v) is 7.44. The Hall–Kier alpha value is -0.646. The van der Waals surface area contributed by atoms with Gasteiger partial charge in [-0.25, -0.2) is 0 Å². The zero-order valence-electron chi connectivity index (χ0n) is 7.42. The molecular weight excluding hydrogens is 180 g/mol. The molecule has 0 atom stereocenters. The van der Waals surface area contributed by atoms with Gasteiger partial charge in [-0.3, -0.25) is 0 Å². The van der Waals surface area contributed by atoms with Crippen molar-refractivity contribution in [2.24, 2.45) is 0 Å². The molecule has 1 nitrogen and oxygen atoms in total. The minimum Gasteiger partial charge on any atom is -0.462 e. The molecule has 0 unspecified atom stereocenters. The van der Waals surface area contributed by atoms with Gasteiger partial charge in [0.1, 0.15) is 9.76 Å². The summed E-state index contributed by atoms with van der Waals surface area (Å²) in [5.41, 5.74) is 1.24. The smallest absolute Gasteiger partial charge is 0.178 e. The number of hydrogen-bond donors (Lipinski definition) is 0. The lowest BCUT2D eigenvalue weighted by molar-refractivity contribution is 0.657. The first-order valence-electron chi connectivity index (χ1n) is 4.16. The summed E-state index contributed by atoms with van der Waals surface area (Å²) >= 11 is 0. The topological polar surface area (TPSA) is 9.23 Å². The largest absolute Gasteiger partial charge is 0.462 e. The first kappa shape index (κ1) is 9.44. The summed E-state index contributed by atoms with van der Waals surface area (Å²) < 4.78 is 5.59. The van der Waals surface area contributed by atoms with Crippen LogP contribution in [0.4, 0.5) is 0 Å². The summed E-state index contributed by atoms with van der Waals surface area (Å²) in [5, 5.41) is 1.38. The zero-order chi connectivity index (χ0) is 8.81. The van der Waals surface area contributed by atoms with Crippen LogP contribution in [0.25, 0.3) is 6.08 Å². The van der Waals surface area contributed by atoms with Crippen LogP contribution < -0.4 is 5.19 Å². The van der Waals surface area contributed by atoms with Crippen LogP contribution in [-0.4, -0.2) is 19.5 Å². The fourth-order valence-corrected chi connectivity index (χ4v) is 3.43. The van der Waals surface area contributed by atoms with E-state index < -0.39 is 9.76 Å². The van der Waals surface area contributed by atoms with Gasteiger partial charge < -0.3 is 4.12 Å². The molecule has 0 aliphatic heterocycles. The van der Waals surface area contributed by atoms with Crippen LogP contribution >= 0.6 is 0 Å². The molecule has 0 saturated heterocycles. The van der Waals surface area contributed by atoms with Crippen molar-refractivity contribution in [3.63, 3.8) is 0 Å². The van der Waals surface area contributed by atoms with Crippen LogP contribution in [0.5, 0.6) is 0 Å². The van der Waals surface area contributed by atoms with E-state index in [1.54, 1.807) is 0 Å². The lowest BCUT2D eigenvalue weighted by Gasteiger charge is -2.04. The summed E-state index contributed by atoms with van der Waals surface area (Å²) in [6.07, 6.45) is 1.91. The maximum atomic E-state index is 5.59. The van der Waals surface area contributed by atoms with Crippen LogP contribution in [0.15, 0.2) is 30.8 Å². The minimum absolute atomic E-state index is 0.226. The molecule has 3 heteroatoms. The Balaban J connectivity index is 2.75. The van der Waals surface area contributed by atoms with Crippen molar-refractivity contribution in [3.8, 4) is 0 Å². The molecular formula is C9H14OSi2. The van der Waals surface area contributed by atoms with Crippen LogP contribution in [0.2, 0.25) is 6.55 Å². The van der Waals surface area contributed by atoms with E-state index in [0.29, 0.717) is 0 Å². The SMILES string of the molecule is C=Cc1ccccc1[SiH2]O[SiH2]C. The summed E-state index contributed by atoms with van der Waals surface area (Å²) in [6.45, 7) is 5.95. The number of benzene rings is 1. The summed E-state index contributed by atoms with van der Waals surface area (Å²) in [4.78, 5) is 0. The van der Waals surface area contributed by atoms with Crippen LogP contribution in [-0.2, 0) is 4.12 Å². The lowest BCUT2D eigenvalue weighted by atomic mass is 10.2. The molecule has 0 radical (unpaired) electrons. The maximum absolute atomic E-state index is 5.59. The van der Waals surface area contributed by atoms with Gasteiger partial charge in [-0.15, -0.1) is 0 Å². The number of rotatable bonds is 4. The molecule has 0 heterocycles. The molecule has 64 valence electrons. The molecule has 12 heavy (non-hydrogen) atoms. The Morgan fingerprint density at radius 3 is 2.83 bits per heavy atom. The highest BCUT2D eigenvalue weighted by Gasteiger charge is 1.97. The van der Waals surface area contributed by atoms with Gasteiger partial charge >= 0.3 is 0 Å². The molecule has 1 aromatic carbocycles. The quantitative estimate of drug-likeness (QED) is 0.622. The molecule has 0 bridgehead atoms. The van der Waals surface area contributed by atoms with Gasteiger partial charge in [-0.1, -0.05) is 43.5 Å². The number of hydrogen-bond acceptors (Lipinski definition) is 1. The van der Waals surface area contributed by atoms with Gasteiger partial charge in [0.15, 0.2) is 9.76 Å².